The van der Waals surface area contributed by atoms with Crippen LogP contribution in [-0.4, -0.2) is 60.1 Å². The second kappa shape index (κ2) is 5.13. The minimum Gasteiger partial charge on any atom is -0.387 e. The molecule has 2 aliphatic rings. The first-order chi connectivity index (χ1) is 9.47. The monoisotopic (exact) mass is 294 g/mol. The Balaban J connectivity index is 1.69. The van der Waals surface area contributed by atoms with Crippen LogP contribution >= 0.6 is 11.3 Å². The molecule has 1 N–H and O–H groups in total. The van der Waals surface area contributed by atoms with Gasteiger partial charge in [0.05, 0.1) is 17.0 Å². The Hall–Kier alpha value is -0.910. The summed E-state index contributed by atoms with van der Waals surface area (Å²) in [5, 5.41) is 10.5. The Morgan fingerprint density at radius 1 is 1.50 bits per heavy atom. The lowest BCUT2D eigenvalue weighted by Crippen LogP contribution is -2.43. The van der Waals surface area contributed by atoms with E-state index in [1.807, 2.05) is 23.9 Å². The second-order valence-electron chi connectivity index (χ2n) is 6.35. The summed E-state index contributed by atoms with van der Waals surface area (Å²) in [7, 11) is 3.90. The summed E-state index contributed by atoms with van der Waals surface area (Å²) in [5.74, 6) is 0.0964. The molecule has 1 fully saturated rings. The van der Waals surface area contributed by atoms with E-state index in [1.54, 1.807) is 11.3 Å². The van der Waals surface area contributed by atoms with Crippen LogP contribution in [0.15, 0.2) is 6.07 Å². The number of likely N-dealkylation sites (tertiary alicyclic amines) is 1. The average Bonchev–Trinajstić information content (AvgIpc) is 3.00. The molecule has 1 saturated heterocycles. The normalized spacial score (nSPS) is 25.5. The van der Waals surface area contributed by atoms with Crippen molar-refractivity contribution in [3.63, 3.8) is 0 Å². The summed E-state index contributed by atoms with van der Waals surface area (Å²) in [5.41, 5.74) is 0.611. The van der Waals surface area contributed by atoms with Crippen molar-refractivity contribution in [1.29, 1.82) is 0 Å². The molecule has 0 spiro atoms. The summed E-state index contributed by atoms with van der Waals surface area (Å²) in [6.07, 6.45) is 4.13. The zero-order valence-corrected chi connectivity index (χ0v) is 13.0. The lowest BCUT2D eigenvalue weighted by Gasteiger charge is -2.26. The summed E-state index contributed by atoms with van der Waals surface area (Å²) in [6, 6.07) is 2.07. The first-order valence-electron chi connectivity index (χ1n) is 7.25. The van der Waals surface area contributed by atoms with Gasteiger partial charge in [-0.2, -0.15) is 0 Å². The predicted molar refractivity (Wildman–Crippen MR) is 80.4 cm³/mol. The topological polar surface area (TPSA) is 43.8 Å². The minimum atomic E-state index is -0.751. The maximum Gasteiger partial charge on any atom is 0.264 e. The first kappa shape index (κ1) is 14.0. The lowest BCUT2D eigenvalue weighted by molar-refractivity contribution is 0.0237. The van der Waals surface area contributed by atoms with Crippen LogP contribution in [0.5, 0.6) is 0 Å². The fourth-order valence-electron chi connectivity index (χ4n) is 3.34. The smallest absolute Gasteiger partial charge is 0.264 e. The van der Waals surface area contributed by atoms with E-state index >= 15 is 0 Å². The van der Waals surface area contributed by atoms with Gasteiger partial charge in [0.15, 0.2) is 0 Å². The third-order valence-electron chi connectivity index (χ3n) is 4.19. The molecule has 1 aliphatic carbocycles. The van der Waals surface area contributed by atoms with Crippen molar-refractivity contribution in [2.45, 2.75) is 31.3 Å². The number of amides is 1. The minimum absolute atomic E-state index is 0.0964. The largest absolute Gasteiger partial charge is 0.387 e. The molecule has 3 rings (SSSR count). The Kier molecular flexibility index (Phi) is 3.60. The molecule has 20 heavy (non-hydrogen) atoms. The highest BCUT2D eigenvalue weighted by Crippen LogP contribution is 2.32. The number of fused-ring (bicyclic) bond motifs is 1. The van der Waals surface area contributed by atoms with E-state index in [1.165, 1.54) is 16.9 Å². The zero-order chi connectivity index (χ0) is 14.3. The van der Waals surface area contributed by atoms with Crippen LogP contribution in [0, 0.1) is 0 Å². The van der Waals surface area contributed by atoms with Gasteiger partial charge in [-0.3, -0.25) is 4.79 Å². The Labute approximate surface area is 124 Å². The Morgan fingerprint density at radius 2 is 2.30 bits per heavy atom. The van der Waals surface area contributed by atoms with Gasteiger partial charge in [0.1, 0.15) is 0 Å². The van der Waals surface area contributed by atoms with Crippen LogP contribution in [0.4, 0.5) is 0 Å². The maximum absolute atomic E-state index is 12.5. The molecule has 1 aromatic rings. The number of carbonyl (C=O) groups excluding carboxylic acids is 1. The van der Waals surface area contributed by atoms with Gasteiger partial charge < -0.3 is 14.9 Å². The van der Waals surface area contributed by atoms with E-state index in [2.05, 4.69) is 6.07 Å². The Bertz CT molecular complexity index is 504. The zero-order valence-electron chi connectivity index (χ0n) is 12.2. The maximum atomic E-state index is 12.5. The van der Waals surface area contributed by atoms with Crippen LogP contribution in [-0.2, 0) is 12.8 Å². The van der Waals surface area contributed by atoms with E-state index in [4.69, 9.17) is 0 Å². The van der Waals surface area contributed by atoms with E-state index in [-0.39, 0.29) is 5.91 Å². The summed E-state index contributed by atoms with van der Waals surface area (Å²) >= 11 is 1.65. The highest BCUT2D eigenvalue weighted by Gasteiger charge is 2.39. The van der Waals surface area contributed by atoms with Gasteiger partial charge in [-0.05, 0) is 51.4 Å². The first-order valence-corrected chi connectivity index (χ1v) is 8.06. The standard InChI is InChI=1S/C15H22N2O2S/c1-16(2)9-15(19)6-7-17(10-15)14(18)13-8-11-4-3-5-12(11)20-13/h8,19H,3-7,9-10H2,1-2H3/t15-/m1/s1. The van der Waals surface area contributed by atoms with E-state index < -0.39 is 5.60 Å². The van der Waals surface area contributed by atoms with Gasteiger partial charge in [-0.1, -0.05) is 0 Å². The van der Waals surface area contributed by atoms with Crippen molar-refractivity contribution in [3.05, 3.63) is 21.4 Å². The number of β-amino-alcohol motifs (C(OH)–C–C–N with tert-alkyl or cyclic N) is 1. The molecule has 5 heteroatoms. The highest BCUT2D eigenvalue weighted by molar-refractivity contribution is 7.14. The molecule has 1 amide bonds. The van der Waals surface area contributed by atoms with Crippen LogP contribution in [0.25, 0.3) is 0 Å². The Morgan fingerprint density at radius 3 is 3.00 bits per heavy atom. The lowest BCUT2D eigenvalue weighted by atomic mass is 10.0. The van der Waals surface area contributed by atoms with E-state index in [0.29, 0.717) is 26.1 Å². The second-order valence-corrected chi connectivity index (χ2v) is 7.49. The molecule has 1 aromatic heterocycles. The van der Waals surface area contributed by atoms with Crippen molar-refractivity contribution < 1.29 is 9.90 Å². The third-order valence-corrected chi connectivity index (χ3v) is 5.41. The number of rotatable bonds is 3. The molecule has 4 nitrogen and oxygen atoms in total. The van der Waals surface area contributed by atoms with E-state index in [9.17, 15) is 9.90 Å². The molecule has 0 aromatic carbocycles. The summed E-state index contributed by atoms with van der Waals surface area (Å²) < 4.78 is 0. The van der Waals surface area contributed by atoms with Crippen molar-refractivity contribution >= 4 is 17.2 Å². The quantitative estimate of drug-likeness (QED) is 0.916. The number of carbonyl (C=O) groups is 1. The van der Waals surface area contributed by atoms with Gasteiger partial charge in [0, 0.05) is 18.0 Å². The summed E-state index contributed by atoms with van der Waals surface area (Å²) in [6.45, 7) is 1.72. The molecule has 0 unspecified atom stereocenters. The fraction of sp³-hybridized carbons (Fsp3) is 0.667. The molecule has 2 heterocycles. The SMILES string of the molecule is CN(C)C[C@]1(O)CCN(C(=O)c2cc3c(s2)CCC3)C1. The van der Waals surface area contributed by atoms with Crippen molar-refractivity contribution in [2.24, 2.45) is 0 Å². The van der Waals surface area contributed by atoms with Crippen LogP contribution in [0.1, 0.15) is 33.0 Å². The molecular formula is C15H22N2O2S. The molecule has 0 radical (unpaired) electrons. The number of nitrogens with zero attached hydrogens (tertiary/aromatic N) is 2. The van der Waals surface area contributed by atoms with Crippen LogP contribution in [0.3, 0.4) is 0 Å². The highest BCUT2D eigenvalue weighted by atomic mass is 32.1. The number of likely N-dealkylation sites (N-methyl/N-ethyl adjacent to an activating group) is 1. The van der Waals surface area contributed by atoms with Gasteiger partial charge in [0.25, 0.3) is 5.91 Å². The molecule has 0 saturated carbocycles. The van der Waals surface area contributed by atoms with E-state index in [0.717, 1.165) is 17.7 Å². The average molecular weight is 294 g/mol. The van der Waals surface area contributed by atoms with Crippen LogP contribution < -0.4 is 0 Å². The number of aryl methyl sites for hydroxylation is 2. The van der Waals surface area contributed by atoms with Gasteiger partial charge in [-0.15, -0.1) is 11.3 Å². The number of thiophene rings is 1. The molecular weight excluding hydrogens is 272 g/mol. The summed E-state index contributed by atoms with van der Waals surface area (Å²) in [4.78, 5) is 18.6. The fourth-order valence-corrected chi connectivity index (χ4v) is 4.56. The van der Waals surface area contributed by atoms with Gasteiger partial charge >= 0.3 is 0 Å². The molecule has 1 aliphatic heterocycles. The van der Waals surface area contributed by atoms with Crippen molar-refractivity contribution in [3.8, 4) is 0 Å². The number of hydrogen-bond donors (Lipinski definition) is 1. The molecule has 110 valence electrons. The molecule has 0 bridgehead atoms. The third kappa shape index (κ3) is 2.62. The van der Waals surface area contributed by atoms with Crippen LogP contribution in [0.2, 0.25) is 0 Å². The molecule has 1 atom stereocenters. The predicted octanol–water partition coefficient (Wildman–Crippen LogP) is 1.38. The van der Waals surface area contributed by atoms with Crippen molar-refractivity contribution in [2.75, 3.05) is 33.7 Å². The number of aliphatic hydroxyl groups is 1. The van der Waals surface area contributed by atoms with Gasteiger partial charge in [0.2, 0.25) is 0 Å². The number of hydrogen-bond acceptors (Lipinski definition) is 4. The van der Waals surface area contributed by atoms with Gasteiger partial charge in [-0.25, -0.2) is 0 Å². The van der Waals surface area contributed by atoms with Crippen molar-refractivity contribution in [1.82, 2.24) is 9.80 Å².